The van der Waals surface area contributed by atoms with Crippen LogP contribution in [0.25, 0.3) is 0 Å². The van der Waals surface area contributed by atoms with Crippen LogP contribution in [0.2, 0.25) is 0 Å². The monoisotopic (exact) mass is 227 g/mol. The molecule has 0 N–H and O–H groups in total. The van der Waals surface area contributed by atoms with E-state index in [9.17, 15) is 5.11 Å². The zero-order valence-corrected chi connectivity index (χ0v) is 10.2. The van der Waals surface area contributed by atoms with Gasteiger partial charge in [0.1, 0.15) is 0 Å². The van der Waals surface area contributed by atoms with Crippen LogP contribution < -0.4 is 0 Å². The zero-order chi connectivity index (χ0) is 11.5. The van der Waals surface area contributed by atoms with Crippen LogP contribution in [0, 0.1) is 17.8 Å². The molecule has 1 radical (unpaired) electrons. The van der Waals surface area contributed by atoms with Crippen molar-refractivity contribution in [2.45, 2.75) is 43.9 Å². The smallest absolute Gasteiger partial charge is 0.182 e. The topological polar surface area (TPSA) is 19.9 Å². The van der Waals surface area contributed by atoms with E-state index in [0.717, 1.165) is 23.3 Å². The Morgan fingerprint density at radius 2 is 1.41 bits per heavy atom. The molecule has 4 fully saturated rings. The summed E-state index contributed by atoms with van der Waals surface area (Å²) in [4.78, 5) is 0. The molecule has 1 heteroatoms. The van der Waals surface area contributed by atoms with E-state index in [0.29, 0.717) is 0 Å². The lowest BCUT2D eigenvalue weighted by atomic mass is 9.48. The molecule has 1 nitrogen and oxygen atoms in total. The van der Waals surface area contributed by atoms with E-state index in [1.165, 1.54) is 38.5 Å². The molecule has 0 unspecified atom stereocenters. The van der Waals surface area contributed by atoms with Crippen molar-refractivity contribution < 1.29 is 5.11 Å². The fourth-order valence-corrected chi connectivity index (χ4v) is 5.35. The summed E-state index contributed by atoms with van der Waals surface area (Å²) in [6.07, 6.45) is 8.20. The van der Waals surface area contributed by atoms with Gasteiger partial charge in [-0.25, -0.2) is 0 Å². The van der Waals surface area contributed by atoms with Gasteiger partial charge >= 0.3 is 0 Å². The Balaban J connectivity index is 1.80. The van der Waals surface area contributed by atoms with Crippen LogP contribution in [0.4, 0.5) is 0 Å². The van der Waals surface area contributed by atoms with Gasteiger partial charge in [0.15, 0.2) is 5.75 Å². The predicted molar refractivity (Wildman–Crippen MR) is 66.4 cm³/mol. The van der Waals surface area contributed by atoms with Crippen molar-refractivity contribution in [2.75, 3.05) is 0 Å². The molecule has 89 valence electrons. The number of rotatable bonds is 1. The Morgan fingerprint density at radius 1 is 0.882 bits per heavy atom. The fraction of sp³-hybridized carbons (Fsp3) is 0.625. The molecular formula is C16H19O. The van der Waals surface area contributed by atoms with E-state index >= 15 is 0 Å². The predicted octanol–water partition coefficient (Wildman–Crippen LogP) is 4.30. The molecule has 4 saturated carbocycles. The normalized spacial score (nSPS) is 42.9. The SMILES string of the molecule is [O]c1ccccc1C12CC3CC(CC(C3)C1)C2. The van der Waals surface area contributed by atoms with Gasteiger partial charge in [-0.3, -0.25) is 5.11 Å². The van der Waals surface area contributed by atoms with Crippen molar-refractivity contribution in [1.29, 1.82) is 0 Å². The van der Waals surface area contributed by atoms with E-state index in [1.807, 2.05) is 6.07 Å². The largest absolute Gasteiger partial charge is 0.290 e. The van der Waals surface area contributed by atoms with Crippen LogP contribution in [0.5, 0.6) is 5.75 Å². The lowest BCUT2D eigenvalue weighted by Gasteiger charge is -2.57. The van der Waals surface area contributed by atoms with Gasteiger partial charge in [0.2, 0.25) is 0 Å². The van der Waals surface area contributed by atoms with Gasteiger partial charge in [-0.2, -0.15) is 0 Å². The van der Waals surface area contributed by atoms with Crippen LogP contribution in [0.1, 0.15) is 44.1 Å². The van der Waals surface area contributed by atoms with E-state index < -0.39 is 0 Å². The van der Waals surface area contributed by atoms with E-state index in [-0.39, 0.29) is 11.2 Å². The molecule has 0 atom stereocenters. The first-order chi connectivity index (χ1) is 8.25. The highest BCUT2D eigenvalue weighted by molar-refractivity contribution is 5.40. The Labute approximate surface area is 103 Å². The second-order valence-electron chi connectivity index (χ2n) is 6.69. The highest BCUT2D eigenvalue weighted by Crippen LogP contribution is 2.61. The van der Waals surface area contributed by atoms with Crippen molar-refractivity contribution >= 4 is 0 Å². The van der Waals surface area contributed by atoms with E-state index in [4.69, 9.17) is 0 Å². The molecule has 4 aliphatic rings. The van der Waals surface area contributed by atoms with Gasteiger partial charge in [0.25, 0.3) is 0 Å². The number of hydrogen-bond acceptors (Lipinski definition) is 0. The summed E-state index contributed by atoms with van der Waals surface area (Å²) in [5, 5.41) is 12.1. The first-order valence-corrected chi connectivity index (χ1v) is 7.02. The lowest BCUT2D eigenvalue weighted by Crippen LogP contribution is -2.48. The fourth-order valence-electron chi connectivity index (χ4n) is 5.35. The van der Waals surface area contributed by atoms with Crippen molar-refractivity contribution in [3.05, 3.63) is 29.8 Å². The van der Waals surface area contributed by atoms with Gasteiger partial charge < -0.3 is 0 Å². The van der Waals surface area contributed by atoms with Gasteiger partial charge in [0, 0.05) is 5.56 Å². The minimum absolute atomic E-state index is 0.271. The summed E-state index contributed by atoms with van der Waals surface area (Å²) in [5.41, 5.74) is 1.41. The van der Waals surface area contributed by atoms with Crippen molar-refractivity contribution in [1.82, 2.24) is 0 Å². The molecule has 4 bridgehead atoms. The number of benzene rings is 1. The van der Waals surface area contributed by atoms with Gasteiger partial charge in [-0.05, 0) is 67.8 Å². The molecule has 4 aliphatic carbocycles. The zero-order valence-electron chi connectivity index (χ0n) is 10.2. The maximum absolute atomic E-state index is 12.1. The van der Waals surface area contributed by atoms with Crippen molar-refractivity contribution in [3.63, 3.8) is 0 Å². The van der Waals surface area contributed by atoms with Crippen LogP contribution in [0.15, 0.2) is 24.3 Å². The molecule has 0 spiro atoms. The highest BCUT2D eigenvalue weighted by atomic mass is 16.3. The Kier molecular flexibility index (Phi) is 1.93. The molecule has 0 amide bonds. The Bertz CT molecular complexity index is 413. The van der Waals surface area contributed by atoms with Crippen molar-refractivity contribution in [3.8, 4) is 5.75 Å². The summed E-state index contributed by atoms with van der Waals surface area (Å²) in [6.45, 7) is 0. The Hall–Kier alpha value is -0.980. The molecule has 17 heavy (non-hydrogen) atoms. The number of para-hydroxylation sites is 1. The molecule has 1 aromatic carbocycles. The molecule has 1 aromatic rings. The molecule has 0 saturated heterocycles. The van der Waals surface area contributed by atoms with Crippen LogP contribution in [-0.4, -0.2) is 0 Å². The average Bonchev–Trinajstić information content (AvgIpc) is 2.27. The maximum atomic E-state index is 12.1. The first kappa shape index (κ1) is 9.99. The first-order valence-electron chi connectivity index (χ1n) is 7.02. The summed E-state index contributed by atoms with van der Waals surface area (Å²) in [7, 11) is 0. The minimum Gasteiger partial charge on any atom is -0.290 e. The molecule has 0 heterocycles. The van der Waals surface area contributed by atoms with E-state index in [2.05, 4.69) is 12.1 Å². The Morgan fingerprint density at radius 3 is 1.94 bits per heavy atom. The third kappa shape index (κ3) is 1.38. The molecule has 5 rings (SSSR count). The third-order valence-corrected chi connectivity index (χ3v) is 5.50. The van der Waals surface area contributed by atoms with Crippen LogP contribution >= 0.6 is 0 Å². The second-order valence-corrected chi connectivity index (χ2v) is 6.69. The molecule has 0 aromatic heterocycles. The highest BCUT2D eigenvalue weighted by Gasteiger charge is 2.52. The summed E-state index contributed by atoms with van der Waals surface area (Å²) in [6, 6.07) is 7.80. The summed E-state index contributed by atoms with van der Waals surface area (Å²) in [5.74, 6) is 3.04. The lowest BCUT2D eigenvalue weighted by molar-refractivity contribution is -0.00660. The minimum atomic E-state index is 0.271. The molecule has 0 aliphatic heterocycles. The van der Waals surface area contributed by atoms with Gasteiger partial charge in [-0.15, -0.1) is 0 Å². The standard InChI is InChI=1S/C16H19O/c17-15-4-2-1-3-14(15)16-8-11-5-12(9-16)7-13(6-11)10-16/h1-4,11-13H,5-10H2. The average molecular weight is 227 g/mol. The number of hydrogen-bond donors (Lipinski definition) is 0. The van der Waals surface area contributed by atoms with Crippen LogP contribution in [-0.2, 0) is 10.5 Å². The summed E-state index contributed by atoms with van der Waals surface area (Å²) < 4.78 is 0. The van der Waals surface area contributed by atoms with Gasteiger partial charge in [-0.1, -0.05) is 18.2 Å². The maximum Gasteiger partial charge on any atom is 0.182 e. The summed E-state index contributed by atoms with van der Waals surface area (Å²) >= 11 is 0. The quantitative estimate of drug-likeness (QED) is 0.681. The van der Waals surface area contributed by atoms with E-state index in [1.54, 1.807) is 6.07 Å². The molecular weight excluding hydrogens is 208 g/mol. The van der Waals surface area contributed by atoms with Crippen molar-refractivity contribution in [2.24, 2.45) is 17.8 Å². The third-order valence-electron chi connectivity index (χ3n) is 5.50. The van der Waals surface area contributed by atoms with Gasteiger partial charge in [0.05, 0.1) is 0 Å². The second kappa shape index (κ2) is 3.28. The van der Waals surface area contributed by atoms with Crippen LogP contribution in [0.3, 0.4) is 0 Å².